The molecule has 1 N–H and O–H groups in total. The molecule has 0 atom stereocenters. The Morgan fingerprint density at radius 2 is 1.79 bits per heavy atom. The van der Waals surface area contributed by atoms with Gasteiger partial charge in [0.05, 0.1) is 11.4 Å². The lowest BCUT2D eigenvalue weighted by atomic mass is 10.0. The quantitative estimate of drug-likeness (QED) is 0.616. The molecule has 19 heavy (non-hydrogen) atoms. The van der Waals surface area contributed by atoms with Crippen LogP contribution in [0.3, 0.4) is 0 Å². The lowest BCUT2D eigenvalue weighted by Gasteiger charge is -2.23. The topological polar surface area (TPSA) is 12.0 Å². The average Bonchev–Trinajstić information content (AvgIpc) is 2.46. The van der Waals surface area contributed by atoms with Crippen LogP contribution in [0.4, 0.5) is 11.4 Å². The van der Waals surface area contributed by atoms with Crippen molar-refractivity contribution in [1.29, 1.82) is 0 Å². The second-order valence-electron chi connectivity index (χ2n) is 4.97. The molecule has 0 saturated carbocycles. The number of para-hydroxylation sites is 2. The molecule has 0 saturated heterocycles. The number of benzene rings is 2. The van der Waals surface area contributed by atoms with Crippen molar-refractivity contribution < 1.29 is 0 Å². The van der Waals surface area contributed by atoms with Gasteiger partial charge in [-0.15, -0.1) is 0 Å². The van der Waals surface area contributed by atoms with Crippen LogP contribution in [0, 0.1) is 0 Å². The van der Waals surface area contributed by atoms with Crippen LogP contribution in [0.2, 0.25) is 0 Å². The molecule has 0 unspecified atom stereocenters. The summed E-state index contributed by atoms with van der Waals surface area (Å²) in [5.74, 6) is 0. The van der Waals surface area contributed by atoms with Gasteiger partial charge in [0.15, 0.2) is 0 Å². The molecule has 0 fully saturated rings. The Labute approximate surface area is 119 Å². The fraction of sp³-hybridized carbons (Fsp3) is 0.294. The highest BCUT2D eigenvalue weighted by atomic mass is 32.2. The monoisotopic (exact) mass is 269 g/mol. The van der Waals surface area contributed by atoms with E-state index in [4.69, 9.17) is 0 Å². The molecule has 2 aromatic rings. The van der Waals surface area contributed by atoms with Crippen molar-refractivity contribution in [3.8, 4) is 0 Å². The number of aryl methyl sites for hydroxylation is 1. The van der Waals surface area contributed by atoms with Gasteiger partial charge < -0.3 is 5.32 Å². The summed E-state index contributed by atoms with van der Waals surface area (Å²) in [6, 6.07) is 15.2. The van der Waals surface area contributed by atoms with Gasteiger partial charge >= 0.3 is 0 Å². The van der Waals surface area contributed by atoms with Crippen LogP contribution in [0.25, 0.3) is 0 Å². The highest BCUT2D eigenvalue weighted by molar-refractivity contribution is 7.99. The summed E-state index contributed by atoms with van der Waals surface area (Å²) in [7, 11) is 0. The number of hydrogen-bond donors (Lipinski definition) is 1. The summed E-state index contributed by atoms with van der Waals surface area (Å²) in [6.45, 7) is 2.25. The lowest BCUT2D eigenvalue weighted by Crippen LogP contribution is -2.03. The summed E-state index contributed by atoms with van der Waals surface area (Å²) in [6.07, 6.45) is 5.04. The Balaban J connectivity index is 1.88. The Kier molecular flexibility index (Phi) is 3.79. The third-order valence-corrected chi connectivity index (χ3v) is 4.66. The molecule has 0 bridgehead atoms. The molecule has 1 aliphatic rings. The van der Waals surface area contributed by atoms with E-state index in [0.717, 1.165) is 0 Å². The van der Waals surface area contributed by atoms with Gasteiger partial charge in [-0.2, -0.15) is 0 Å². The summed E-state index contributed by atoms with van der Waals surface area (Å²) >= 11 is 1.87. The van der Waals surface area contributed by atoms with E-state index in [1.165, 1.54) is 52.4 Å². The van der Waals surface area contributed by atoms with Gasteiger partial charge in [-0.1, -0.05) is 55.8 Å². The first-order valence-corrected chi connectivity index (χ1v) is 7.86. The molecule has 2 heteroatoms. The molecule has 3 rings (SSSR count). The smallest absolute Gasteiger partial charge is 0.0558 e. The van der Waals surface area contributed by atoms with Gasteiger partial charge in [-0.05, 0) is 36.6 Å². The predicted octanol–water partition coefficient (Wildman–Crippen LogP) is 5.63. The number of fused-ring (bicyclic) bond motifs is 2. The third-order valence-electron chi connectivity index (χ3n) is 3.53. The Morgan fingerprint density at radius 3 is 2.68 bits per heavy atom. The van der Waals surface area contributed by atoms with E-state index >= 15 is 0 Å². The zero-order valence-electron chi connectivity index (χ0n) is 11.3. The highest BCUT2D eigenvalue weighted by Crippen LogP contribution is 2.45. The molecule has 0 aliphatic carbocycles. The van der Waals surface area contributed by atoms with Gasteiger partial charge in [0.25, 0.3) is 0 Å². The number of rotatable bonds is 4. The molecule has 1 heterocycles. The Morgan fingerprint density at radius 1 is 0.947 bits per heavy atom. The second kappa shape index (κ2) is 5.70. The SMILES string of the molecule is CCCCCc1cccc2c1Nc1ccccc1S2. The van der Waals surface area contributed by atoms with Crippen molar-refractivity contribution in [1.82, 2.24) is 0 Å². The minimum Gasteiger partial charge on any atom is -0.353 e. The molecule has 98 valence electrons. The van der Waals surface area contributed by atoms with Crippen LogP contribution < -0.4 is 5.32 Å². The zero-order valence-corrected chi connectivity index (χ0v) is 12.1. The highest BCUT2D eigenvalue weighted by Gasteiger charge is 2.17. The molecule has 0 spiro atoms. The van der Waals surface area contributed by atoms with Gasteiger partial charge in [0.2, 0.25) is 0 Å². The second-order valence-corrected chi connectivity index (χ2v) is 6.05. The fourth-order valence-electron chi connectivity index (χ4n) is 2.49. The van der Waals surface area contributed by atoms with Crippen molar-refractivity contribution >= 4 is 23.1 Å². The van der Waals surface area contributed by atoms with E-state index in [0.29, 0.717) is 0 Å². The van der Waals surface area contributed by atoms with Gasteiger partial charge in [0.1, 0.15) is 0 Å². The van der Waals surface area contributed by atoms with Gasteiger partial charge in [-0.3, -0.25) is 0 Å². The summed E-state index contributed by atoms with van der Waals surface area (Å²) in [5.41, 5.74) is 4.01. The predicted molar refractivity (Wildman–Crippen MR) is 83.5 cm³/mol. The van der Waals surface area contributed by atoms with Gasteiger partial charge in [0, 0.05) is 9.79 Å². The fourth-order valence-corrected chi connectivity index (χ4v) is 3.53. The van der Waals surface area contributed by atoms with Crippen LogP contribution in [-0.4, -0.2) is 0 Å². The molecule has 1 aliphatic heterocycles. The van der Waals surface area contributed by atoms with Crippen molar-refractivity contribution in [2.24, 2.45) is 0 Å². The first kappa shape index (κ1) is 12.6. The van der Waals surface area contributed by atoms with E-state index < -0.39 is 0 Å². The average molecular weight is 269 g/mol. The van der Waals surface area contributed by atoms with Crippen LogP contribution in [0.5, 0.6) is 0 Å². The minimum atomic E-state index is 1.17. The molecular formula is C17H19NS. The largest absolute Gasteiger partial charge is 0.353 e. The summed E-state index contributed by atoms with van der Waals surface area (Å²) < 4.78 is 0. The van der Waals surface area contributed by atoms with Crippen LogP contribution in [0.1, 0.15) is 31.7 Å². The molecule has 0 amide bonds. The van der Waals surface area contributed by atoms with E-state index in [2.05, 4.69) is 54.7 Å². The molecule has 2 aromatic carbocycles. The molecule has 1 nitrogen and oxygen atoms in total. The maximum Gasteiger partial charge on any atom is 0.0558 e. The number of unbranched alkanes of at least 4 members (excludes halogenated alkanes) is 2. The van der Waals surface area contributed by atoms with E-state index in [-0.39, 0.29) is 0 Å². The van der Waals surface area contributed by atoms with Crippen LogP contribution in [-0.2, 0) is 6.42 Å². The first-order valence-electron chi connectivity index (χ1n) is 7.04. The Hall–Kier alpha value is -1.41. The maximum absolute atomic E-state index is 3.62. The van der Waals surface area contributed by atoms with E-state index in [1.54, 1.807) is 0 Å². The number of anilines is 2. The Bertz CT molecular complexity index is 577. The van der Waals surface area contributed by atoms with Crippen molar-refractivity contribution in [3.63, 3.8) is 0 Å². The van der Waals surface area contributed by atoms with Crippen molar-refractivity contribution in [3.05, 3.63) is 48.0 Å². The normalized spacial score (nSPS) is 12.5. The maximum atomic E-state index is 3.62. The summed E-state index contributed by atoms with van der Waals surface area (Å²) in [4.78, 5) is 2.67. The van der Waals surface area contributed by atoms with Crippen LogP contribution >= 0.6 is 11.8 Å². The van der Waals surface area contributed by atoms with Crippen LogP contribution in [0.15, 0.2) is 52.3 Å². The minimum absolute atomic E-state index is 1.17. The van der Waals surface area contributed by atoms with E-state index in [1.807, 2.05) is 11.8 Å². The zero-order chi connectivity index (χ0) is 13.1. The third kappa shape index (κ3) is 2.64. The van der Waals surface area contributed by atoms with Crippen molar-refractivity contribution in [2.75, 3.05) is 5.32 Å². The van der Waals surface area contributed by atoms with Crippen molar-refractivity contribution in [2.45, 2.75) is 42.4 Å². The first-order chi connectivity index (χ1) is 9.38. The molecule has 0 aromatic heterocycles. The standard InChI is InChI=1S/C17H19NS/c1-2-3-4-8-13-9-7-12-16-17(13)18-14-10-5-6-11-15(14)19-16/h5-7,9-12,18H,2-4,8H2,1H3. The molecular weight excluding hydrogens is 250 g/mol. The number of hydrogen-bond acceptors (Lipinski definition) is 2. The summed E-state index contributed by atoms with van der Waals surface area (Å²) in [5, 5.41) is 3.62. The number of nitrogens with one attached hydrogen (secondary N) is 1. The van der Waals surface area contributed by atoms with Gasteiger partial charge in [-0.25, -0.2) is 0 Å². The molecule has 0 radical (unpaired) electrons. The van der Waals surface area contributed by atoms with E-state index in [9.17, 15) is 0 Å². The lowest BCUT2D eigenvalue weighted by molar-refractivity contribution is 0.717.